The second kappa shape index (κ2) is 3.84. The maximum atomic E-state index is 11.6. The molecule has 1 rings (SSSR count). The van der Waals surface area contributed by atoms with Crippen LogP contribution in [0.5, 0.6) is 0 Å². The third-order valence-electron chi connectivity index (χ3n) is 1.69. The summed E-state index contributed by atoms with van der Waals surface area (Å²) in [6.07, 6.45) is 0. The van der Waals surface area contributed by atoms with Gasteiger partial charge in [-0.05, 0) is 26.0 Å². The van der Waals surface area contributed by atoms with Crippen molar-refractivity contribution in [2.75, 3.05) is 0 Å². The van der Waals surface area contributed by atoms with Crippen LogP contribution >= 0.6 is 0 Å². The molecule has 0 bridgehead atoms. The molecule has 0 aliphatic rings. The number of sulfone groups is 1. The first-order valence-corrected chi connectivity index (χ1v) is 5.72. The Labute approximate surface area is 84.2 Å². The van der Waals surface area contributed by atoms with Gasteiger partial charge in [0.25, 0.3) is 0 Å². The third-order valence-corrected chi connectivity index (χ3v) is 3.30. The number of nitrogens with two attached hydrogens (primary N) is 1. The van der Waals surface area contributed by atoms with Crippen molar-refractivity contribution in [3.63, 3.8) is 0 Å². The summed E-state index contributed by atoms with van der Waals surface area (Å²) in [5.74, 6) is 0. The quantitative estimate of drug-likeness (QED) is 0.808. The Morgan fingerprint density at radius 3 is 2.21 bits per heavy atom. The van der Waals surface area contributed by atoms with Crippen molar-refractivity contribution in [2.24, 2.45) is 5.73 Å². The van der Waals surface area contributed by atoms with Crippen LogP contribution in [-0.2, 0) is 9.84 Å². The van der Waals surface area contributed by atoms with Gasteiger partial charge in [0.1, 0.15) is 0 Å². The minimum Gasteiger partial charge on any atom is -0.402 e. The lowest BCUT2D eigenvalue weighted by Gasteiger charge is -2.00. The molecule has 0 radical (unpaired) electrons. The summed E-state index contributed by atoms with van der Waals surface area (Å²) in [6.45, 7) is 3.45. The molecule has 1 aromatic carbocycles. The van der Waals surface area contributed by atoms with E-state index in [0.717, 1.165) is 11.0 Å². The summed E-state index contributed by atoms with van der Waals surface area (Å²) in [4.78, 5) is 0.271. The zero-order chi connectivity index (χ0) is 10.8. The molecule has 0 saturated heterocycles. The van der Waals surface area contributed by atoms with Crippen molar-refractivity contribution in [1.82, 2.24) is 0 Å². The van der Waals surface area contributed by atoms with Crippen LogP contribution in [0.3, 0.4) is 0 Å². The number of allylic oxidation sites excluding steroid dienone is 1. The molecule has 3 nitrogen and oxygen atoms in total. The Hall–Kier alpha value is -1.29. The molecular weight excluding hydrogens is 198 g/mol. The number of hydrogen-bond acceptors (Lipinski definition) is 3. The van der Waals surface area contributed by atoms with E-state index >= 15 is 0 Å². The molecule has 2 N–H and O–H groups in total. The van der Waals surface area contributed by atoms with Gasteiger partial charge < -0.3 is 5.73 Å². The van der Waals surface area contributed by atoms with Crippen LogP contribution in [0.1, 0.15) is 12.5 Å². The van der Waals surface area contributed by atoms with E-state index in [1.165, 1.54) is 0 Å². The van der Waals surface area contributed by atoms with Crippen LogP contribution in [0, 0.1) is 6.92 Å². The molecule has 0 aliphatic carbocycles. The van der Waals surface area contributed by atoms with Crippen LogP contribution in [-0.4, -0.2) is 8.42 Å². The van der Waals surface area contributed by atoms with E-state index in [1.807, 2.05) is 6.92 Å². The molecule has 0 fully saturated rings. The molecule has 0 atom stereocenters. The maximum absolute atomic E-state index is 11.6. The van der Waals surface area contributed by atoms with Crippen LogP contribution in [0.15, 0.2) is 40.3 Å². The normalized spacial score (nSPS) is 12.9. The molecule has 0 aromatic heterocycles. The zero-order valence-corrected chi connectivity index (χ0v) is 9.01. The molecule has 0 aliphatic heterocycles. The first-order valence-electron chi connectivity index (χ1n) is 4.17. The van der Waals surface area contributed by atoms with E-state index in [2.05, 4.69) is 0 Å². The average molecular weight is 211 g/mol. The van der Waals surface area contributed by atoms with Crippen molar-refractivity contribution in [2.45, 2.75) is 18.7 Å². The highest BCUT2D eigenvalue weighted by molar-refractivity contribution is 7.94. The molecule has 0 spiro atoms. The van der Waals surface area contributed by atoms with Crippen molar-refractivity contribution < 1.29 is 8.42 Å². The van der Waals surface area contributed by atoms with Gasteiger partial charge in [0.2, 0.25) is 9.84 Å². The number of benzene rings is 1. The molecule has 1 aromatic rings. The van der Waals surface area contributed by atoms with E-state index in [4.69, 9.17) is 5.73 Å². The fourth-order valence-electron chi connectivity index (χ4n) is 1.04. The lowest BCUT2D eigenvalue weighted by atomic mass is 10.2. The second-order valence-electron chi connectivity index (χ2n) is 3.22. The topological polar surface area (TPSA) is 60.2 Å². The predicted molar refractivity (Wildman–Crippen MR) is 56.3 cm³/mol. The summed E-state index contributed by atoms with van der Waals surface area (Å²) in [5.41, 5.74) is 6.64. The molecular formula is C10H13NO2S. The number of hydrogen-bond donors (Lipinski definition) is 1. The zero-order valence-electron chi connectivity index (χ0n) is 8.19. The van der Waals surface area contributed by atoms with Gasteiger partial charge in [-0.25, -0.2) is 8.42 Å². The number of aryl methyl sites for hydroxylation is 1. The van der Waals surface area contributed by atoms with Gasteiger partial charge in [0.15, 0.2) is 0 Å². The Balaban J connectivity index is 3.18. The predicted octanol–water partition coefficient (Wildman–Crippen LogP) is 1.59. The highest BCUT2D eigenvalue weighted by Crippen LogP contribution is 2.13. The largest absolute Gasteiger partial charge is 0.402 e. The maximum Gasteiger partial charge on any atom is 0.201 e. The lowest BCUT2D eigenvalue weighted by Crippen LogP contribution is -2.01. The fourth-order valence-corrected chi connectivity index (χ4v) is 2.18. The summed E-state index contributed by atoms with van der Waals surface area (Å²) in [7, 11) is -3.36. The van der Waals surface area contributed by atoms with Gasteiger partial charge in [-0.15, -0.1) is 0 Å². The Morgan fingerprint density at radius 1 is 1.29 bits per heavy atom. The highest BCUT2D eigenvalue weighted by Gasteiger charge is 2.09. The molecule has 0 saturated carbocycles. The highest BCUT2D eigenvalue weighted by atomic mass is 32.2. The van der Waals surface area contributed by atoms with Gasteiger partial charge in [0, 0.05) is 5.70 Å². The molecule has 76 valence electrons. The van der Waals surface area contributed by atoms with Gasteiger partial charge in [-0.3, -0.25) is 0 Å². The SMILES string of the molecule is C/C(N)=C/S(=O)(=O)c1ccc(C)cc1. The molecule has 0 unspecified atom stereocenters. The second-order valence-corrected chi connectivity index (χ2v) is 5.02. The summed E-state index contributed by atoms with van der Waals surface area (Å²) in [5, 5.41) is 1.07. The standard InChI is InChI=1S/C10H13NO2S/c1-8-3-5-10(6-4-8)14(12,13)7-9(2)11/h3-7H,11H2,1-2H3/b9-7-. The van der Waals surface area contributed by atoms with Crippen molar-refractivity contribution in [3.8, 4) is 0 Å². The van der Waals surface area contributed by atoms with Crippen LogP contribution in [0.4, 0.5) is 0 Å². The summed E-state index contributed by atoms with van der Waals surface area (Å²) >= 11 is 0. The van der Waals surface area contributed by atoms with Crippen LogP contribution in [0.25, 0.3) is 0 Å². The number of rotatable bonds is 2. The van der Waals surface area contributed by atoms with E-state index in [1.54, 1.807) is 31.2 Å². The van der Waals surface area contributed by atoms with Crippen molar-refractivity contribution in [3.05, 3.63) is 40.9 Å². The van der Waals surface area contributed by atoms with Gasteiger partial charge in [-0.2, -0.15) is 0 Å². The van der Waals surface area contributed by atoms with E-state index in [9.17, 15) is 8.42 Å². The van der Waals surface area contributed by atoms with E-state index < -0.39 is 9.84 Å². The van der Waals surface area contributed by atoms with E-state index in [0.29, 0.717) is 0 Å². The molecule has 0 heterocycles. The van der Waals surface area contributed by atoms with Crippen LogP contribution in [0.2, 0.25) is 0 Å². The van der Waals surface area contributed by atoms with Gasteiger partial charge in [-0.1, -0.05) is 17.7 Å². The first kappa shape index (κ1) is 10.8. The first-order chi connectivity index (χ1) is 6.42. The Kier molecular flexibility index (Phi) is 2.96. The minimum absolute atomic E-state index is 0.271. The van der Waals surface area contributed by atoms with Gasteiger partial charge >= 0.3 is 0 Å². The molecule has 4 heteroatoms. The fraction of sp³-hybridized carbons (Fsp3) is 0.200. The summed E-state index contributed by atoms with van der Waals surface area (Å²) < 4.78 is 23.2. The average Bonchev–Trinajstić information content (AvgIpc) is 2.02. The van der Waals surface area contributed by atoms with Crippen molar-refractivity contribution >= 4 is 9.84 Å². The Bertz CT molecular complexity index is 440. The van der Waals surface area contributed by atoms with Crippen LogP contribution < -0.4 is 5.73 Å². The van der Waals surface area contributed by atoms with E-state index in [-0.39, 0.29) is 10.6 Å². The third kappa shape index (κ3) is 2.60. The minimum atomic E-state index is -3.36. The Morgan fingerprint density at radius 2 is 1.79 bits per heavy atom. The lowest BCUT2D eigenvalue weighted by molar-refractivity contribution is 0.604. The smallest absolute Gasteiger partial charge is 0.201 e. The van der Waals surface area contributed by atoms with Gasteiger partial charge in [0.05, 0.1) is 10.3 Å². The van der Waals surface area contributed by atoms with Crippen molar-refractivity contribution in [1.29, 1.82) is 0 Å². The summed E-state index contributed by atoms with van der Waals surface area (Å²) in [6, 6.07) is 6.66. The molecule has 0 amide bonds. The molecule has 14 heavy (non-hydrogen) atoms. The monoisotopic (exact) mass is 211 g/mol.